The van der Waals surface area contributed by atoms with E-state index in [4.69, 9.17) is 4.74 Å². The number of halogens is 2. The summed E-state index contributed by atoms with van der Waals surface area (Å²) in [5, 5.41) is 13.7. The average molecular weight is 463 g/mol. The second-order valence-electron chi connectivity index (χ2n) is 8.40. The standard InChI is InChI=1S/C26H23F2N3O3/c1-14-17(6-7-21-25(14)29-9-11-34-21)23-18-8-10-31(13-16-4-3-5-20(27)24(16)28)26(18)30-15(2)19(23)12-22(32)33/h3-8,10,29H,9,11-13H2,1-2H3,(H,32,33). The highest BCUT2D eigenvalue weighted by Gasteiger charge is 2.23. The molecule has 2 N–H and O–H groups in total. The fourth-order valence-corrected chi connectivity index (χ4v) is 4.65. The number of hydrogen-bond acceptors (Lipinski definition) is 4. The lowest BCUT2D eigenvalue weighted by Gasteiger charge is -2.24. The predicted octanol–water partition coefficient (Wildman–Crippen LogP) is 5.08. The molecule has 6 nitrogen and oxygen atoms in total. The van der Waals surface area contributed by atoms with Gasteiger partial charge in [-0.15, -0.1) is 0 Å². The van der Waals surface area contributed by atoms with E-state index in [0.717, 1.165) is 39.6 Å². The molecule has 0 bridgehead atoms. The van der Waals surface area contributed by atoms with Crippen LogP contribution in [0.5, 0.6) is 5.75 Å². The second kappa shape index (κ2) is 8.44. The van der Waals surface area contributed by atoms with Crippen LogP contribution in [0.4, 0.5) is 14.5 Å². The molecule has 3 heterocycles. The van der Waals surface area contributed by atoms with E-state index >= 15 is 0 Å². The minimum Gasteiger partial charge on any atom is -0.490 e. The molecule has 0 fully saturated rings. The topological polar surface area (TPSA) is 76.4 Å². The first-order valence-corrected chi connectivity index (χ1v) is 11.0. The summed E-state index contributed by atoms with van der Waals surface area (Å²) >= 11 is 0. The fourth-order valence-electron chi connectivity index (χ4n) is 4.65. The van der Waals surface area contributed by atoms with Crippen molar-refractivity contribution in [2.75, 3.05) is 18.5 Å². The van der Waals surface area contributed by atoms with E-state index in [9.17, 15) is 18.7 Å². The molecule has 0 aliphatic carbocycles. The molecule has 0 amide bonds. The first kappa shape index (κ1) is 21.9. The molecule has 0 radical (unpaired) electrons. The Morgan fingerprint density at radius 3 is 2.82 bits per heavy atom. The van der Waals surface area contributed by atoms with Gasteiger partial charge in [-0.3, -0.25) is 4.79 Å². The molecule has 0 spiro atoms. The molecule has 4 aromatic rings. The summed E-state index contributed by atoms with van der Waals surface area (Å²) in [7, 11) is 0. The lowest BCUT2D eigenvalue weighted by atomic mass is 9.90. The number of fused-ring (bicyclic) bond motifs is 2. The van der Waals surface area contributed by atoms with Crippen LogP contribution in [0.25, 0.3) is 22.2 Å². The Labute approximate surface area is 194 Å². The van der Waals surface area contributed by atoms with Crippen LogP contribution in [0.15, 0.2) is 42.6 Å². The molecule has 0 atom stereocenters. The zero-order valence-corrected chi connectivity index (χ0v) is 18.8. The van der Waals surface area contributed by atoms with E-state index < -0.39 is 17.6 Å². The van der Waals surface area contributed by atoms with Gasteiger partial charge in [-0.05, 0) is 54.3 Å². The number of nitrogens with zero attached hydrogens (tertiary/aromatic N) is 2. The van der Waals surface area contributed by atoms with Crippen LogP contribution >= 0.6 is 0 Å². The Hall–Kier alpha value is -3.94. The Morgan fingerprint density at radius 2 is 2.03 bits per heavy atom. The molecule has 34 heavy (non-hydrogen) atoms. The Bertz CT molecular complexity index is 1450. The molecule has 8 heteroatoms. The third kappa shape index (κ3) is 3.65. The van der Waals surface area contributed by atoms with Crippen molar-refractivity contribution in [2.24, 2.45) is 0 Å². The fraction of sp³-hybridized carbons (Fsp3) is 0.231. The second-order valence-corrected chi connectivity index (χ2v) is 8.40. The highest BCUT2D eigenvalue weighted by atomic mass is 19.2. The Morgan fingerprint density at radius 1 is 1.21 bits per heavy atom. The van der Waals surface area contributed by atoms with Crippen molar-refractivity contribution in [2.45, 2.75) is 26.8 Å². The third-order valence-corrected chi connectivity index (χ3v) is 6.27. The van der Waals surface area contributed by atoms with E-state index in [1.807, 2.05) is 25.1 Å². The summed E-state index contributed by atoms with van der Waals surface area (Å²) < 4.78 is 35.6. The summed E-state index contributed by atoms with van der Waals surface area (Å²) in [5.41, 5.74) is 5.45. The summed E-state index contributed by atoms with van der Waals surface area (Å²) in [4.78, 5) is 16.4. The molecule has 1 aliphatic rings. The van der Waals surface area contributed by atoms with E-state index in [1.54, 1.807) is 17.7 Å². The lowest BCUT2D eigenvalue weighted by Crippen LogP contribution is -2.19. The number of hydrogen-bond donors (Lipinski definition) is 2. The van der Waals surface area contributed by atoms with E-state index in [2.05, 4.69) is 10.3 Å². The molecule has 0 saturated carbocycles. The van der Waals surface area contributed by atoms with Gasteiger partial charge in [-0.1, -0.05) is 18.2 Å². The number of nitrogens with one attached hydrogen (secondary N) is 1. The number of anilines is 1. The van der Waals surface area contributed by atoms with Gasteiger partial charge < -0.3 is 19.7 Å². The van der Waals surface area contributed by atoms with Crippen LogP contribution < -0.4 is 10.1 Å². The number of pyridine rings is 1. The maximum absolute atomic E-state index is 14.3. The van der Waals surface area contributed by atoms with Gasteiger partial charge in [-0.25, -0.2) is 13.8 Å². The van der Waals surface area contributed by atoms with Gasteiger partial charge in [-0.2, -0.15) is 0 Å². The molecule has 0 saturated heterocycles. The number of ether oxygens (including phenoxy) is 1. The zero-order chi connectivity index (χ0) is 24.0. The Kier molecular flexibility index (Phi) is 5.43. The van der Waals surface area contributed by atoms with Crippen LogP contribution in [-0.2, 0) is 17.8 Å². The quantitative estimate of drug-likeness (QED) is 0.432. The van der Waals surface area contributed by atoms with Gasteiger partial charge in [0.2, 0.25) is 0 Å². The van der Waals surface area contributed by atoms with Gasteiger partial charge in [0.05, 0.1) is 18.7 Å². The molecular weight excluding hydrogens is 440 g/mol. The third-order valence-electron chi connectivity index (χ3n) is 6.27. The summed E-state index contributed by atoms with van der Waals surface area (Å²) in [6.07, 6.45) is 1.58. The molecule has 0 unspecified atom stereocenters. The van der Waals surface area contributed by atoms with Crippen molar-refractivity contribution in [3.05, 3.63) is 76.6 Å². The number of aliphatic carboxylic acids is 1. The van der Waals surface area contributed by atoms with E-state index in [0.29, 0.717) is 30.1 Å². The first-order valence-electron chi connectivity index (χ1n) is 11.0. The SMILES string of the molecule is Cc1nc2c(ccn2Cc2cccc(F)c2F)c(-c2ccc3c(c2C)NCCO3)c1CC(=O)O. The number of carboxylic acids is 1. The average Bonchev–Trinajstić information content (AvgIpc) is 3.20. The van der Waals surface area contributed by atoms with Crippen LogP contribution in [0.3, 0.4) is 0 Å². The normalized spacial score (nSPS) is 12.8. The minimum absolute atomic E-state index is 0.0931. The lowest BCUT2D eigenvalue weighted by molar-refractivity contribution is -0.136. The highest BCUT2D eigenvalue weighted by molar-refractivity contribution is 5.99. The predicted molar refractivity (Wildman–Crippen MR) is 125 cm³/mol. The van der Waals surface area contributed by atoms with Crippen LogP contribution in [0.1, 0.15) is 22.4 Å². The van der Waals surface area contributed by atoms with Gasteiger partial charge in [0.1, 0.15) is 18.0 Å². The van der Waals surface area contributed by atoms with Crippen LogP contribution in [0, 0.1) is 25.5 Å². The number of aromatic nitrogens is 2. The zero-order valence-electron chi connectivity index (χ0n) is 18.8. The molecule has 2 aromatic heterocycles. The van der Waals surface area contributed by atoms with E-state index in [-0.39, 0.29) is 18.5 Å². The largest absolute Gasteiger partial charge is 0.490 e. The molecule has 5 rings (SSSR count). The van der Waals surface area contributed by atoms with Gasteiger partial charge in [0.15, 0.2) is 11.6 Å². The maximum Gasteiger partial charge on any atom is 0.307 e. The van der Waals surface area contributed by atoms with Crippen molar-refractivity contribution in [1.29, 1.82) is 0 Å². The monoisotopic (exact) mass is 463 g/mol. The summed E-state index contributed by atoms with van der Waals surface area (Å²) in [5.74, 6) is -1.99. The van der Waals surface area contributed by atoms with E-state index in [1.165, 1.54) is 12.1 Å². The van der Waals surface area contributed by atoms with Crippen molar-refractivity contribution < 1.29 is 23.4 Å². The van der Waals surface area contributed by atoms with Gasteiger partial charge in [0, 0.05) is 29.4 Å². The van der Waals surface area contributed by atoms with Gasteiger partial charge in [0.25, 0.3) is 0 Å². The number of aryl methyl sites for hydroxylation is 1. The van der Waals surface area contributed by atoms with Crippen molar-refractivity contribution in [3.8, 4) is 16.9 Å². The molecule has 174 valence electrons. The maximum atomic E-state index is 14.3. The van der Waals surface area contributed by atoms with Crippen molar-refractivity contribution in [3.63, 3.8) is 0 Å². The van der Waals surface area contributed by atoms with Crippen molar-refractivity contribution >= 4 is 22.7 Å². The first-order chi connectivity index (χ1) is 16.3. The van der Waals surface area contributed by atoms with Crippen LogP contribution in [0.2, 0.25) is 0 Å². The summed E-state index contributed by atoms with van der Waals surface area (Å²) in [6.45, 7) is 5.10. The number of benzene rings is 2. The molecule has 2 aromatic carbocycles. The van der Waals surface area contributed by atoms with Gasteiger partial charge >= 0.3 is 5.97 Å². The van der Waals surface area contributed by atoms with Crippen molar-refractivity contribution in [1.82, 2.24) is 9.55 Å². The number of carbonyl (C=O) groups is 1. The summed E-state index contributed by atoms with van der Waals surface area (Å²) in [6, 6.07) is 9.76. The smallest absolute Gasteiger partial charge is 0.307 e. The minimum atomic E-state index is -0.955. The molecule has 1 aliphatic heterocycles. The number of rotatable bonds is 5. The highest BCUT2D eigenvalue weighted by Crippen LogP contribution is 2.42. The molecular formula is C26H23F2N3O3. The van der Waals surface area contributed by atoms with Crippen LogP contribution in [-0.4, -0.2) is 33.8 Å². The number of carboxylic acid groups (broad SMARTS) is 1. The Balaban J connectivity index is 1.73.